The van der Waals surface area contributed by atoms with Crippen molar-refractivity contribution < 1.29 is 33.4 Å². The molecule has 40 heavy (non-hydrogen) atoms. The van der Waals surface area contributed by atoms with Crippen molar-refractivity contribution in [2.45, 2.75) is 37.6 Å². The van der Waals surface area contributed by atoms with Crippen LogP contribution in [-0.2, 0) is 19.1 Å². The molecule has 0 fully saturated rings. The number of methoxy groups -OCH3 is 1. The fraction of sp³-hybridized carbons (Fsp3) is 0.226. The Balaban J connectivity index is 1.67. The number of nitrogens with one attached hydrogen (secondary N) is 1. The Bertz CT molecular complexity index is 1510. The van der Waals surface area contributed by atoms with E-state index in [1.54, 1.807) is 60.7 Å². The summed E-state index contributed by atoms with van der Waals surface area (Å²) in [6, 6.07) is 18.8. The molecule has 1 aliphatic carbocycles. The number of ether oxygens (including phenoxy) is 1. The number of carboxylic acids is 1. The van der Waals surface area contributed by atoms with E-state index in [4.69, 9.17) is 4.74 Å². The molecule has 1 amide bonds. The van der Waals surface area contributed by atoms with E-state index in [1.165, 1.54) is 24.1 Å². The molecular formula is C31H27FN2O6. The summed E-state index contributed by atoms with van der Waals surface area (Å²) in [6.07, 6.45) is -0.0494. The van der Waals surface area contributed by atoms with Crippen LogP contribution < -0.4 is 10.2 Å². The largest absolute Gasteiger partial charge is 0.481 e. The SMILES string of the molecule is COC(=O)c1ccc(C2C3=C(CC(c4ccc(F)cc4)CC3=O)Nc3ccccc3N2C(=O)CCC(=O)O)cc1. The molecule has 0 saturated heterocycles. The van der Waals surface area contributed by atoms with Crippen LogP contribution in [0, 0.1) is 5.82 Å². The van der Waals surface area contributed by atoms with Crippen molar-refractivity contribution in [2.75, 3.05) is 17.3 Å². The van der Waals surface area contributed by atoms with Crippen LogP contribution in [0.3, 0.4) is 0 Å². The highest BCUT2D eigenvalue weighted by Gasteiger charge is 2.41. The van der Waals surface area contributed by atoms with Gasteiger partial charge in [0.05, 0.1) is 36.5 Å². The number of fused-ring (bicyclic) bond motifs is 1. The van der Waals surface area contributed by atoms with E-state index >= 15 is 0 Å². The maximum atomic E-state index is 13.9. The number of anilines is 2. The lowest BCUT2D eigenvalue weighted by molar-refractivity contribution is -0.138. The van der Waals surface area contributed by atoms with Gasteiger partial charge in [-0.3, -0.25) is 19.3 Å². The smallest absolute Gasteiger partial charge is 0.337 e. The van der Waals surface area contributed by atoms with Crippen molar-refractivity contribution in [3.63, 3.8) is 0 Å². The molecule has 204 valence electrons. The predicted molar refractivity (Wildman–Crippen MR) is 145 cm³/mol. The highest BCUT2D eigenvalue weighted by Crippen LogP contribution is 2.47. The number of Topliss-reactive ketones (excluding diaryl/α,β-unsaturated/α-hetero) is 1. The first kappa shape index (κ1) is 26.8. The second-order valence-electron chi connectivity index (χ2n) is 9.79. The van der Waals surface area contributed by atoms with Gasteiger partial charge >= 0.3 is 11.9 Å². The van der Waals surface area contributed by atoms with E-state index in [2.05, 4.69) is 5.32 Å². The van der Waals surface area contributed by atoms with Gasteiger partial charge in [0.25, 0.3) is 0 Å². The Labute approximate surface area is 230 Å². The third kappa shape index (κ3) is 5.22. The van der Waals surface area contributed by atoms with E-state index in [0.29, 0.717) is 40.2 Å². The normalized spacial score (nSPS) is 18.2. The van der Waals surface area contributed by atoms with Crippen LogP contribution in [0.1, 0.15) is 59.1 Å². The van der Waals surface area contributed by atoms with Crippen molar-refractivity contribution in [1.82, 2.24) is 0 Å². The average Bonchev–Trinajstić information content (AvgIpc) is 3.10. The molecule has 2 atom stereocenters. The number of carboxylic acid groups (broad SMARTS) is 1. The number of hydrogen-bond donors (Lipinski definition) is 2. The Hall–Kier alpha value is -4.79. The molecule has 0 aromatic heterocycles. The number of allylic oxidation sites excluding steroid dienone is 1. The monoisotopic (exact) mass is 542 g/mol. The lowest BCUT2D eigenvalue weighted by Crippen LogP contribution is -2.38. The molecule has 3 aromatic carbocycles. The summed E-state index contributed by atoms with van der Waals surface area (Å²) >= 11 is 0. The number of esters is 1. The van der Waals surface area contributed by atoms with Crippen LogP contribution in [0.15, 0.2) is 84.1 Å². The molecule has 2 aliphatic rings. The second kappa shape index (κ2) is 11.1. The Morgan fingerprint density at radius 1 is 0.950 bits per heavy atom. The molecule has 0 spiro atoms. The van der Waals surface area contributed by atoms with Crippen molar-refractivity contribution >= 4 is 35.0 Å². The van der Waals surface area contributed by atoms with Crippen LogP contribution in [0.25, 0.3) is 0 Å². The van der Waals surface area contributed by atoms with Crippen LogP contribution in [0.4, 0.5) is 15.8 Å². The number of benzene rings is 3. The quantitative estimate of drug-likeness (QED) is 0.402. The summed E-state index contributed by atoms with van der Waals surface area (Å²) in [5, 5.41) is 12.7. The van der Waals surface area contributed by atoms with Gasteiger partial charge in [0.2, 0.25) is 5.91 Å². The number of nitrogens with zero attached hydrogens (tertiary/aromatic N) is 1. The molecule has 1 heterocycles. The van der Waals surface area contributed by atoms with E-state index in [9.17, 15) is 28.7 Å². The number of aliphatic carboxylic acids is 1. The molecule has 5 rings (SSSR count). The van der Waals surface area contributed by atoms with Crippen molar-refractivity contribution in [2.24, 2.45) is 0 Å². The third-order valence-electron chi connectivity index (χ3n) is 7.30. The summed E-state index contributed by atoms with van der Waals surface area (Å²) in [6.45, 7) is 0. The number of amides is 1. The van der Waals surface area contributed by atoms with Crippen LogP contribution in [-0.4, -0.2) is 35.8 Å². The summed E-state index contributed by atoms with van der Waals surface area (Å²) in [7, 11) is 1.28. The van der Waals surface area contributed by atoms with Gasteiger partial charge in [-0.1, -0.05) is 36.4 Å². The number of ketones is 1. The second-order valence-corrected chi connectivity index (χ2v) is 9.79. The molecule has 2 unspecified atom stereocenters. The van der Waals surface area contributed by atoms with Gasteiger partial charge in [0, 0.05) is 24.1 Å². The fourth-order valence-electron chi connectivity index (χ4n) is 5.40. The topological polar surface area (TPSA) is 113 Å². The van der Waals surface area contributed by atoms with E-state index in [-0.39, 0.29) is 36.8 Å². The van der Waals surface area contributed by atoms with Crippen molar-refractivity contribution in [3.8, 4) is 0 Å². The summed E-state index contributed by atoms with van der Waals surface area (Å²) in [5.74, 6) is -2.84. The van der Waals surface area contributed by atoms with Crippen molar-refractivity contribution in [3.05, 3.63) is 107 Å². The molecular weight excluding hydrogens is 515 g/mol. The maximum absolute atomic E-state index is 13.9. The number of rotatable bonds is 6. The molecule has 2 N–H and O–H groups in total. The summed E-state index contributed by atoms with van der Waals surface area (Å²) < 4.78 is 18.4. The minimum atomic E-state index is -1.11. The summed E-state index contributed by atoms with van der Waals surface area (Å²) in [4.78, 5) is 52.6. The number of para-hydroxylation sites is 2. The Morgan fingerprint density at radius 3 is 2.30 bits per heavy atom. The molecule has 9 heteroatoms. The molecule has 1 aliphatic heterocycles. The summed E-state index contributed by atoms with van der Waals surface area (Å²) in [5.41, 5.74) is 3.84. The van der Waals surface area contributed by atoms with Crippen LogP contribution in [0.2, 0.25) is 0 Å². The minimum absolute atomic E-state index is 0.149. The van der Waals surface area contributed by atoms with E-state index in [0.717, 1.165) is 5.56 Å². The predicted octanol–water partition coefficient (Wildman–Crippen LogP) is 5.38. The van der Waals surface area contributed by atoms with E-state index < -0.39 is 23.9 Å². The van der Waals surface area contributed by atoms with Gasteiger partial charge in [0.15, 0.2) is 5.78 Å². The number of carbonyl (C=O) groups excluding carboxylic acids is 3. The number of carbonyl (C=O) groups is 4. The van der Waals surface area contributed by atoms with Gasteiger partial charge < -0.3 is 15.2 Å². The zero-order chi connectivity index (χ0) is 28.4. The fourth-order valence-corrected chi connectivity index (χ4v) is 5.40. The number of hydrogen-bond acceptors (Lipinski definition) is 6. The minimum Gasteiger partial charge on any atom is -0.481 e. The van der Waals surface area contributed by atoms with Crippen LogP contribution >= 0.6 is 0 Å². The average molecular weight is 543 g/mol. The molecule has 8 nitrogen and oxygen atoms in total. The van der Waals surface area contributed by atoms with Gasteiger partial charge in [-0.05, 0) is 59.9 Å². The molecule has 3 aromatic rings. The van der Waals surface area contributed by atoms with Gasteiger partial charge in [-0.25, -0.2) is 9.18 Å². The lowest BCUT2D eigenvalue weighted by Gasteiger charge is -2.35. The maximum Gasteiger partial charge on any atom is 0.337 e. The number of halogens is 1. The Morgan fingerprint density at radius 2 is 1.62 bits per heavy atom. The molecule has 0 bridgehead atoms. The molecule has 0 radical (unpaired) electrons. The molecule has 0 saturated carbocycles. The van der Waals surface area contributed by atoms with Crippen molar-refractivity contribution in [1.29, 1.82) is 0 Å². The van der Waals surface area contributed by atoms with Gasteiger partial charge in [0.1, 0.15) is 5.82 Å². The zero-order valence-corrected chi connectivity index (χ0v) is 21.7. The highest BCUT2D eigenvalue weighted by atomic mass is 19.1. The Kier molecular flexibility index (Phi) is 7.46. The van der Waals surface area contributed by atoms with E-state index in [1.807, 2.05) is 0 Å². The van der Waals surface area contributed by atoms with Gasteiger partial charge in [-0.2, -0.15) is 0 Å². The first-order valence-electron chi connectivity index (χ1n) is 12.9. The zero-order valence-electron chi connectivity index (χ0n) is 21.7. The first-order chi connectivity index (χ1) is 19.3. The standard InChI is InChI=1S/C31H27FN2O6/c1-40-31(39)20-8-6-19(7-9-20)30-29-24(16-21(17-26(29)35)18-10-12-22(32)13-11-18)33-23-4-2-3-5-25(23)34(30)27(36)14-15-28(37)38/h2-13,21,30,33H,14-17H2,1H3,(H,37,38). The highest BCUT2D eigenvalue weighted by molar-refractivity contribution is 6.06. The first-order valence-corrected chi connectivity index (χ1v) is 12.9. The van der Waals surface area contributed by atoms with Crippen LogP contribution in [0.5, 0.6) is 0 Å². The third-order valence-corrected chi connectivity index (χ3v) is 7.30. The lowest BCUT2D eigenvalue weighted by atomic mass is 9.78. The van der Waals surface area contributed by atoms with Gasteiger partial charge in [-0.15, -0.1) is 0 Å².